The molecule has 76 valence electrons. The largest absolute Gasteiger partial charge is 0.399 e. The van der Waals surface area contributed by atoms with Gasteiger partial charge in [-0.1, -0.05) is 12.1 Å². The monoisotopic (exact) mass is 192 g/mol. The number of rotatable bonds is 2. The minimum absolute atomic E-state index is 0.106. The maximum absolute atomic E-state index is 11.6. The number of nitrogens with zero attached hydrogens (tertiary/aromatic N) is 1. The van der Waals surface area contributed by atoms with Crippen LogP contribution in [0.4, 0.5) is 5.69 Å². The van der Waals surface area contributed by atoms with Crippen LogP contribution in [0.5, 0.6) is 0 Å². The number of anilines is 1. The normalized spacial score (nSPS) is 12.2. The summed E-state index contributed by atoms with van der Waals surface area (Å²) < 4.78 is 0. The summed E-state index contributed by atoms with van der Waals surface area (Å²) in [5.41, 5.74) is 7.29. The van der Waals surface area contributed by atoms with E-state index in [2.05, 4.69) is 0 Å². The highest BCUT2D eigenvalue weighted by Crippen LogP contribution is 2.18. The van der Waals surface area contributed by atoms with Crippen molar-refractivity contribution in [2.45, 2.75) is 12.8 Å². The van der Waals surface area contributed by atoms with Crippen molar-refractivity contribution in [3.8, 4) is 0 Å². The number of hydrogen-bond acceptors (Lipinski definition) is 2. The highest BCUT2D eigenvalue weighted by Gasteiger charge is 2.16. The van der Waals surface area contributed by atoms with Crippen molar-refractivity contribution >= 4 is 11.6 Å². The first kappa shape index (κ1) is 10.6. The molecule has 0 aliphatic rings. The average Bonchev–Trinajstić information content (AvgIpc) is 2.16. The summed E-state index contributed by atoms with van der Waals surface area (Å²) in [6.45, 7) is 1.90. The first-order valence-electron chi connectivity index (χ1n) is 4.59. The Balaban J connectivity index is 2.84. The van der Waals surface area contributed by atoms with E-state index in [1.54, 1.807) is 19.0 Å². The van der Waals surface area contributed by atoms with E-state index in [-0.39, 0.29) is 11.8 Å². The van der Waals surface area contributed by atoms with Crippen LogP contribution in [0.2, 0.25) is 0 Å². The van der Waals surface area contributed by atoms with E-state index >= 15 is 0 Å². The molecule has 0 aliphatic heterocycles. The van der Waals surface area contributed by atoms with Crippen LogP contribution >= 0.6 is 0 Å². The molecule has 3 nitrogen and oxygen atoms in total. The minimum Gasteiger partial charge on any atom is -0.399 e. The van der Waals surface area contributed by atoms with Crippen molar-refractivity contribution in [1.29, 1.82) is 0 Å². The molecular weight excluding hydrogens is 176 g/mol. The maximum atomic E-state index is 11.6. The Morgan fingerprint density at radius 2 is 1.79 bits per heavy atom. The van der Waals surface area contributed by atoms with Crippen LogP contribution in [0.25, 0.3) is 0 Å². The van der Waals surface area contributed by atoms with E-state index in [0.717, 1.165) is 11.3 Å². The Morgan fingerprint density at radius 1 is 1.29 bits per heavy atom. The lowest BCUT2D eigenvalue weighted by atomic mass is 10.00. The van der Waals surface area contributed by atoms with Crippen molar-refractivity contribution in [2.75, 3.05) is 19.8 Å². The molecule has 0 heterocycles. The Morgan fingerprint density at radius 3 is 2.21 bits per heavy atom. The van der Waals surface area contributed by atoms with Crippen LogP contribution < -0.4 is 5.73 Å². The van der Waals surface area contributed by atoms with Gasteiger partial charge in [-0.05, 0) is 24.6 Å². The van der Waals surface area contributed by atoms with Gasteiger partial charge >= 0.3 is 0 Å². The number of nitrogen functional groups attached to an aromatic ring is 1. The molecule has 1 aromatic rings. The van der Waals surface area contributed by atoms with Gasteiger partial charge in [0.2, 0.25) is 5.91 Å². The highest BCUT2D eigenvalue weighted by atomic mass is 16.2. The van der Waals surface area contributed by atoms with Crippen LogP contribution in [0.1, 0.15) is 18.4 Å². The fourth-order valence-corrected chi connectivity index (χ4v) is 1.31. The summed E-state index contributed by atoms with van der Waals surface area (Å²) >= 11 is 0. The molecule has 0 fully saturated rings. The number of benzene rings is 1. The summed E-state index contributed by atoms with van der Waals surface area (Å²) in [7, 11) is 3.52. The van der Waals surface area contributed by atoms with Crippen molar-refractivity contribution in [3.63, 3.8) is 0 Å². The second-order valence-electron chi connectivity index (χ2n) is 3.62. The zero-order valence-corrected chi connectivity index (χ0v) is 8.82. The zero-order chi connectivity index (χ0) is 10.7. The third kappa shape index (κ3) is 2.25. The van der Waals surface area contributed by atoms with Gasteiger partial charge in [0.05, 0.1) is 5.92 Å². The number of nitrogens with two attached hydrogens (primary N) is 1. The molecule has 1 unspecified atom stereocenters. The Bertz CT molecular complexity index is 317. The molecule has 0 spiro atoms. The quantitative estimate of drug-likeness (QED) is 0.721. The summed E-state index contributed by atoms with van der Waals surface area (Å²) in [5, 5.41) is 0. The Hall–Kier alpha value is -1.51. The molecule has 1 atom stereocenters. The molecule has 3 heteroatoms. The maximum Gasteiger partial charge on any atom is 0.229 e. The van der Waals surface area contributed by atoms with Crippen molar-refractivity contribution < 1.29 is 4.79 Å². The summed E-state index contributed by atoms with van der Waals surface area (Å²) in [6.07, 6.45) is 0. The van der Waals surface area contributed by atoms with Crippen molar-refractivity contribution in [3.05, 3.63) is 29.8 Å². The molecular formula is C11H16N2O. The molecule has 0 aliphatic carbocycles. The van der Waals surface area contributed by atoms with Crippen molar-refractivity contribution in [2.24, 2.45) is 0 Å². The number of hydrogen-bond donors (Lipinski definition) is 1. The van der Waals surface area contributed by atoms with Crippen LogP contribution in [0.3, 0.4) is 0 Å². The molecule has 0 saturated heterocycles. The molecule has 1 amide bonds. The molecule has 14 heavy (non-hydrogen) atoms. The summed E-state index contributed by atoms with van der Waals surface area (Å²) in [6, 6.07) is 7.41. The number of likely N-dealkylation sites (N-methyl/N-ethyl adjacent to an activating group) is 1. The number of carbonyl (C=O) groups excluding carboxylic acids is 1. The lowest BCUT2D eigenvalue weighted by Gasteiger charge is -2.16. The highest BCUT2D eigenvalue weighted by molar-refractivity contribution is 5.82. The molecule has 0 radical (unpaired) electrons. The van der Waals surface area contributed by atoms with Gasteiger partial charge < -0.3 is 10.6 Å². The molecule has 0 aromatic heterocycles. The van der Waals surface area contributed by atoms with Gasteiger partial charge in [0.1, 0.15) is 0 Å². The second-order valence-corrected chi connectivity index (χ2v) is 3.62. The first-order chi connectivity index (χ1) is 6.52. The van der Waals surface area contributed by atoms with Gasteiger partial charge in [0.25, 0.3) is 0 Å². The molecule has 0 bridgehead atoms. The summed E-state index contributed by atoms with van der Waals surface area (Å²) in [4.78, 5) is 13.2. The molecule has 2 N–H and O–H groups in total. The van der Waals surface area contributed by atoms with Crippen LogP contribution in [-0.4, -0.2) is 24.9 Å². The first-order valence-corrected chi connectivity index (χ1v) is 4.59. The zero-order valence-electron chi connectivity index (χ0n) is 8.82. The standard InChI is InChI=1S/C11H16N2O/c1-8(11(14)13(2)3)9-4-6-10(12)7-5-9/h4-8H,12H2,1-3H3. The van der Waals surface area contributed by atoms with E-state index in [1.165, 1.54) is 0 Å². The van der Waals surface area contributed by atoms with Crippen LogP contribution in [0.15, 0.2) is 24.3 Å². The predicted molar refractivity (Wildman–Crippen MR) is 58.0 cm³/mol. The average molecular weight is 192 g/mol. The van der Waals surface area contributed by atoms with E-state index in [9.17, 15) is 4.79 Å². The Kier molecular flexibility index (Phi) is 3.12. The smallest absolute Gasteiger partial charge is 0.229 e. The molecule has 0 saturated carbocycles. The summed E-state index contributed by atoms with van der Waals surface area (Å²) in [5.74, 6) is 0.000344. The van der Waals surface area contributed by atoms with Gasteiger partial charge in [-0.3, -0.25) is 4.79 Å². The van der Waals surface area contributed by atoms with E-state index in [1.807, 2.05) is 31.2 Å². The Labute approximate surface area is 84.5 Å². The van der Waals surface area contributed by atoms with Gasteiger partial charge in [0.15, 0.2) is 0 Å². The lowest BCUT2D eigenvalue weighted by Crippen LogP contribution is -2.26. The van der Waals surface area contributed by atoms with Crippen LogP contribution in [0, 0.1) is 0 Å². The third-order valence-electron chi connectivity index (χ3n) is 2.25. The number of carbonyl (C=O) groups is 1. The van der Waals surface area contributed by atoms with Crippen molar-refractivity contribution in [1.82, 2.24) is 4.90 Å². The number of amides is 1. The lowest BCUT2D eigenvalue weighted by molar-refractivity contribution is -0.129. The van der Waals surface area contributed by atoms with Gasteiger partial charge in [0, 0.05) is 19.8 Å². The van der Waals surface area contributed by atoms with Crippen LogP contribution in [-0.2, 0) is 4.79 Å². The minimum atomic E-state index is -0.106. The third-order valence-corrected chi connectivity index (χ3v) is 2.25. The van der Waals surface area contributed by atoms with Gasteiger partial charge in [-0.15, -0.1) is 0 Å². The molecule has 1 rings (SSSR count). The van der Waals surface area contributed by atoms with E-state index < -0.39 is 0 Å². The second kappa shape index (κ2) is 4.13. The van der Waals surface area contributed by atoms with E-state index in [4.69, 9.17) is 5.73 Å². The predicted octanol–water partition coefficient (Wildman–Crippen LogP) is 1.46. The van der Waals surface area contributed by atoms with Gasteiger partial charge in [-0.2, -0.15) is 0 Å². The van der Waals surface area contributed by atoms with E-state index in [0.29, 0.717) is 0 Å². The van der Waals surface area contributed by atoms with Gasteiger partial charge in [-0.25, -0.2) is 0 Å². The fraction of sp³-hybridized carbons (Fsp3) is 0.364. The topological polar surface area (TPSA) is 46.3 Å². The molecule has 1 aromatic carbocycles. The SMILES string of the molecule is CC(C(=O)N(C)C)c1ccc(N)cc1. The fourth-order valence-electron chi connectivity index (χ4n) is 1.31.